The van der Waals surface area contributed by atoms with E-state index in [0.717, 1.165) is 16.8 Å². The third kappa shape index (κ3) is 3.49. The minimum Gasteiger partial charge on any atom is -0.304 e. The van der Waals surface area contributed by atoms with Gasteiger partial charge < -0.3 is 4.90 Å². The van der Waals surface area contributed by atoms with Crippen LogP contribution in [-0.2, 0) is 6.54 Å². The quantitative estimate of drug-likeness (QED) is 0.732. The van der Waals surface area contributed by atoms with Crippen molar-refractivity contribution in [3.63, 3.8) is 0 Å². The van der Waals surface area contributed by atoms with Gasteiger partial charge in [-0.1, -0.05) is 12.1 Å². The predicted octanol–water partition coefficient (Wildman–Crippen LogP) is 3.94. The Morgan fingerprint density at radius 3 is 2.33 bits per heavy atom. The molecule has 120 valence electrons. The number of aromatic nitrogens is 2. The molecule has 4 heteroatoms. The summed E-state index contributed by atoms with van der Waals surface area (Å²) in [6.45, 7) is 4.58. The van der Waals surface area contributed by atoms with E-state index in [9.17, 15) is 4.79 Å². The van der Waals surface area contributed by atoms with Crippen LogP contribution in [0.15, 0.2) is 67.3 Å². The summed E-state index contributed by atoms with van der Waals surface area (Å²) in [5, 5.41) is 0. The minimum absolute atomic E-state index is 0.0739. The maximum atomic E-state index is 13.0. The Bertz CT molecular complexity index is 832. The molecule has 0 saturated carbocycles. The Hall–Kier alpha value is -3.01. The van der Waals surface area contributed by atoms with Gasteiger partial charge >= 0.3 is 0 Å². The average Bonchev–Trinajstić information content (AvgIpc) is 2.63. The minimum atomic E-state index is -0.0739. The van der Waals surface area contributed by atoms with Crippen LogP contribution in [0.1, 0.15) is 27.0 Å². The number of carbonyl (C=O) groups excluding carboxylic acids is 1. The summed E-state index contributed by atoms with van der Waals surface area (Å²) < 4.78 is 0. The predicted molar refractivity (Wildman–Crippen MR) is 94.9 cm³/mol. The molecule has 0 radical (unpaired) electrons. The number of carbonyl (C=O) groups is 1. The molecule has 0 fully saturated rings. The fraction of sp³-hybridized carbons (Fsp3) is 0.150. The number of pyridine rings is 2. The zero-order valence-corrected chi connectivity index (χ0v) is 13.8. The molecule has 0 aliphatic rings. The first-order valence-corrected chi connectivity index (χ1v) is 7.83. The lowest BCUT2D eigenvalue weighted by molar-refractivity contribution is 0.0985. The zero-order valence-electron chi connectivity index (χ0n) is 13.8. The molecule has 24 heavy (non-hydrogen) atoms. The van der Waals surface area contributed by atoms with E-state index in [4.69, 9.17) is 0 Å². The fourth-order valence-electron chi connectivity index (χ4n) is 2.49. The molecule has 1 amide bonds. The summed E-state index contributed by atoms with van der Waals surface area (Å²) >= 11 is 0. The monoisotopic (exact) mass is 317 g/mol. The van der Waals surface area contributed by atoms with Gasteiger partial charge in [0, 0.05) is 30.5 Å². The molecule has 2 heterocycles. The van der Waals surface area contributed by atoms with E-state index in [1.165, 1.54) is 5.56 Å². The third-order valence-electron chi connectivity index (χ3n) is 4.02. The van der Waals surface area contributed by atoms with Gasteiger partial charge in [-0.15, -0.1) is 0 Å². The number of anilines is 1. The van der Waals surface area contributed by atoms with E-state index >= 15 is 0 Å². The summed E-state index contributed by atoms with van der Waals surface area (Å²) in [5.74, 6) is -0.0739. The third-order valence-corrected chi connectivity index (χ3v) is 4.02. The second-order valence-electron chi connectivity index (χ2n) is 5.76. The lowest BCUT2D eigenvalue weighted by Gasteiger charge is -2.23. The van der Waals surface area contributed by atoms with Crippen LogP contribution in [-0.4, -0.2) is 15.9 Å². The summed E-state index contributed by atoms with van der Waals surface area (Å²) in [6, 6.07) is 13.5. The van der Waals surface area contributed by atoms with Gasteiger partial charge in [0.05, 0.1) is 12.1 Å². The molecule has 0 bridgehead atoms. The van der Waals surface area contributed by atoms with Crippen molar-refractivity contribution < 1.29 is 4.79 Å². The van der Waals surface area contributed by atoms with Crippen molar-refractivity contribution in [2.24, 2.45) is 0 Å². The molecule has 0 saturated heterocycles. The first kappa shape index (κ1) is 15.9. The van der Waals surface area contributed by atoms with E-state index in [1.54, 1.807) is 41.8 Å². The van der Waals surface area contributed by atoms with Crippen molar-refractivity contribution in [2.45, 2.75) is 20.4 Å². The first-order chi connectivity index (χ1) is 11.6. The molecule has 2 aromatic heterocycles. The van der Waals surface area contributed by atoms with E-state index in [-0.39, 0.29) is 5.91 Å². The smallest absolute Gasteiger partial charge is 0.260 e. The number of rotatable bonds is 4. The van der Waals surface area contributed by atoms with Crippen molar-refractivity contribution in [3.05, 3.63) is 89.5 Å². The number of hydrogen-bond donors (Lipinski definition) is 0. The molecule has 0 aliphatic heterocycles. The maximum Gasteiger partial charge on any atom is 0.260 e. The van der Waals surface area contributed by atoms with Crippen LogP contribution < -0.4 is 4.90 Å². The van der Waals surface area contributed by atoms with Gasteiger partial charge in [-0.3, -0.25) is 14.8 Å². The fourth-order valence-corrected chi connectivity index (χ4v) is 2.49. The highest BCUT2D eigenvalue weighted by atomic mass is 16.2. The number of benzene rings is 1. The lowest BCUT2D eigenvalue weighted by Crippen LogP contribution is -2.30. The first-order valence-electron chi connectivity index (χ1n) is 7.83. The Morgan fingerprint density at radius 2 is 1.71 bits per heavy atom. The molecule has 0 spiro atoms. The van der Waals surface area contributed by atoms with Crippen molar-refractivity contribution in [1.29, 1.82) is 0 Å². The molecule has 1 aromatic carbocycles. The van der Waals surface area contributed by atoms with Crippen LogP contribution in [0.3, 0.4) is 0 Å². The molecule has 0 aliphatic carbocycles. The summed E-state index contributed by atoms with van der Waals surface area (Å²) in [7, 11) is 0. The van der Waals surface area contributed by atoms with Crippen molar-refractivity contribution in [1.82, 2.24) is 9.97 Å². The maximum absolute atomic E-state index is 13.0. The molecule has 3 rings (SSSR count). The van der Waals surface area contributed by atoms with Crippen LogP contribution in [0.25, 0.3) is 0 Å². The lowest BCUT2D eigenvalue weighted by atomic mass is 10.1. The zero-order chi connectivity index (χ0) is 16.9. The van der Waals surface area contributed by atoms with Gasteiger partial charge in [-0.05, 0) is 60.9 Å². The van der Waals surface area contributed by atoms with Crippen molar-refractivity contribution >= 4 is 11.6 Å². The SMILES string of the molecule is Cc1ccc(N(Cc2cccnc2)C(=O)c2cccnc2)cc1C. The van der Waals surface area contributed by atoms with Gasteiger partial charge in [0.15, 0.2) is 0 Å². The summed E-state index contributed by atoms with van der Waals surface area (Å²) in [5.41, 5.74) is 4.78. The highest BCUT2D eigenvalue weighted by Gasteiger charge is 2.19. The van der Waals surface area contributed by atoms with E-state index in [2.05, 4.69) is 23.8 Å². The standard InChI is InChI=1S/C20H19N3O/c1-15-7-8-19(11-16(15)2)23(14-17-5-3-9-21-12-17)20(24)18-6-4-10-22-13-18/h3-13H,14H2,1-2H3. The second-order valence-corrected chi connectivity index (χ2v) is 5.76. The Labute approximate surface area is 141 Å². The molecular weight excluding hydrogens is 298 g/mol. The normalized spacial score (nSPS) is 10.4. The van der Waals surface area contributed by atoms with Crippen LogP contribution in [0.4, 0.5) is 5.69 Å². The number of nitrogens with zero attached hydrogens (tertiary/aromatic N) is 3. The summed E-state index contributed by atoms with van der Waals surface area (Å²) in [4.78, 5) is 23.0. The highest BCUT2D eigenvalue weighted by Crippen LogP contribution is 2.23. The summed E-state index contributed by atoms with van der Waals surface area (Å²) in [6.07, 6.45) is 6.77. The Balaban J connectivity index is 2.00. The van der Waals surface area contributed by atoms with Gasteiger partial charge in [0.2, 0.25) is 0 Å². The molecule has 0 unspecified atom stereocenters. The molecule has 4 nitrogen and oxygen atoms in total. The van der Waals surface area contributed by atoms with Crippen molar-refractivity contribution in [3.8, 4) is 0 Å². The molecule has 0 atom stereocenters. The Kier molecular flexibility index (Phi) is 4.66. The van der Waals surface area contributed by atoms with E-state index in [1.807, 2.05) is 30.3 Å². The van der Waals surface area contributed by atoms with Gasteiger partial charge in [-0.25, -0.2) is 0 Å². The van der Waals surface area contributed by atoms with E-state index < -0.39 is 0 Å². The number of hydrogen-bond acceptors (Lipinski definition) is 3. The molecular formula is C20H19N3O. The number of aryl methyl sites for hydroxylation is 2. The topological polar surface area (TPSA) is 46.1 Å². The number of amides is 1. The highest BCUT2D eigenvalue weighted by molar-refractivity contribution is 6.05. The van der Waals surface area contributed by atoms with Gasteiger partial charge in [-0.2, -0.15) is 0 Å². The average molecular weight is 317 g/mol. The largest absolute Gasteiger partial charge is 0.304 e. The van der Waals surface area contributed by atoms with Crippen LogP contribution in [0.5, 0.6) is 0 Å². The van der Waals surface area contributed by atoms with Crippen LogP contribution in [0.2, 0.25) is 0 Å². The molecule has 3 aromatic rings. The van der Waals surface area contributed by atoms with Gasteiger partial charge in [0.1, 0.15) is 0 Å². The Morgan fingerprint density at radius 1 is 0.958 bits per heavy atom. The second kappa shape index (κ2) is 7.04. The van der Waals surface area contributed by atoms with Crippen molar-refractivity contribution in [2.75, 3.05) is 4.90 Å². The van der Waals surface area contributed by atoms with Gasteiger partial charge in [0.25, 0.3) is 5.91 Å². The van der Waals surface area contributed by atoms with Crippen LogP contribution in [0, 0.1) is 13.8 Å². The molecule has 0 N–H and O–H groups in total. The van der Waals surface area contributed by atoms with E-state index in [0.29, 0.717) is 12.1 Å². The van der Waals surface area contributed by atoms with Crippen LogP contribution >= 0.6 is 0 Å².